The fourth-order valence-electron chi connectivity index (χ4n) is 10.2. The number of rotatable bonds is 30. The Morgan fingerprint density at radius 3 is 1.20 bits per heavy atom. The highest BCUT2D eigenvalue weighted by molar-refractivity contribution is 7.13. The molecule has 0 amide bonds. The van der Waals surface area contributed by atoms with Gasteiger partial charge in [0.1, 0.15) is 0 Å². The van der Waals surface area contributed by atoms with Gasteiger partial charge >= 0.3 is 0 Å². The van der Waals surface area contributed by atoms with Crippen LogP contribution in [0.5, 0.6) is 0 Å². The summed E-state index contributed by atoms with van der Waals surface area (Å²) in [4.78, 5) is 32.8. The van der Waals surface area contributed by atoms with Crippen molar-refractivity contribution in [2.75, 3.05) is 71.5 Å². The molecule has 99 heavy (non-hydrogen) atoms. The monoisotopic (exact) mass is 1390 g/mol. The van der Waals surface area contributed by atoms with E-state index in [0.717, 1.165) is 44.6 Å². The number of hydrogen-bond donors (Lipinski definition) is 15. The van der Waals surface area contributed by atoms with Crippen LogP contribution in [0.2, 0.25) is 0 Å². The molecule has 12 aromatic rings. The molecule has 15 N–H and O–H groups in total. The Morgan fingerprint density at radius 2 is 0.859 bits per heavy atom. The maximum atomic E-state index is 9.95. The number of aliphatic hydroxyl groups excluding tert-OH is 9. The van der Waals surface area contributed by atoms with Crippen LogP contribution in [0.15, 0.2) is 143 Å². The van der Waals surface area contributed by atoms with Gasteiger partial charge in [0.05, 0.1) is 113 Å². The largest absolute Gasteiger partial charge is 0.472 e. The summed E-state index contributed by atoms with van der Waals surface area (Å²) >= 11 is 3.38. The van der Waals surface area contributed by atoms with Gasteiger partial charge in [-0.3, -0.25) is 4.98 Å². The summed E-state index contributed by atoms with van der Waals surface area (Å²) in [7, 11) is 0. The van der Waals surface area contributed by atoms with Crippen molar-refractivity contribution in [3.05, 3.63) is 172 Å². The molecule has 31 heteroatoms. The van der Waals surface area contributed by atoms with E-state index in [9.17, 15) is 46.0 Å². The van der Waals surface area contributed by atoms with Crippen LogP contribution in [0.1, 0.15) is 92.7 Å². The van der Waals surface area contributed by atoms with Gasteiger partial charge in [-0.15, -0.1) is 11.3 Å². The number of anilines is 6. The van der Waals surface area contributed by atoms with Crippen LogP contribution in [-0.4, -0.2) is 186 Å². The van der Waals surface area contributed by atoms with Crippen LogP contribution >= 0.6 is 22.7 Å². The average molecular weight is 1390 g/mol. The molecule has 0 spiro atoms. The number of aliphatic hydroxyl groups is 9. The van der Waals surface area contributed by atoms with Crippen molar-refractivity contribution in [1.29, 1.82) is 0 Å². The van der Waals surface area contributed by atoms with Gasteiger partial charge in [0.2, 0.25) is 35.7 Å². The second kappa shape index (κ2) is 34.2. The third-order valence-corrected chi connectivity index (χ3v) is 17.7. The van der Waals surface area contributed by atoms with Crippen molar-refractivity contribution in [1.82, 2.24) is 63.7 Å². The predicted octanol–water partition coefficient (Wildman–Crippen LogP) is 7.07. The van der Waals surface area contributed by atoms with E-state index in [1.807, 2.05) is 38.1 Å². The molecule has 0 aliphatic heterocycles. The summed E-state index contributed by atoms with van der Waals surface area (Å²) in [5.41, 5.74) is 13.1. The van der Waals surface area contributed by atoms with Crippen LogP contribution in [0.3, 0.4) is 0 Å². The lowest BCUT2D eigenvalue weighted by Crippen LogP contribution is -2.39. The van der Waals surface area contributed by atoms with Crippen LogP contribution in [0.4, 0.5) is 35.7 Å². The van der Waals surface area contributed by atoms with E-state index < -0.39 is 62.9 Å². The van der Waals surface area contributed by atoms with E-state index in [0.29, 0.717) is 54.4 Å². The highest BCUT2D eigenvalue weighted by atomic mass is 32.1. The maximum absolute atomic E-state index is 9.95. The fourth-order valence-corrected chi connectivity index (χ4v) is 11.6. The Bertz CT molecular complexity index is 3980. The summed E-state index contributed by atoms with van der Waals surface area (Å²) < 4.78 is 10.0. The zero-order valence-corrected chi connectivity index (χ0v) is 57.0. The second-order valence-corrected chi connectivity index (χ2v) is 25.9. The van der Waals surface area contributed by atoms with Crippen LogP contribution < -0.4 is 31.9 Å². The summed E-state index contributed by atoms with van der Waals surface area (Å²) in [6, 6.07) is 26.2. The molecule has 0 fully saturated rings. The van der Waals surface area contributed by atoms with E-state index in [1.54, 1.807) is 73.5 Å². The predicted molar refractivity (Wildman–Crippen MR) is 381 cm³/mol. The summed E-state index contributed by atoms with van der Waals surface area (Å²) in [5.74, 6) is 2.61. The zero-order chi connectivity index (χ0) is 70.1. The van der Waals surface area contributed by atoms with Gasteiger partial charge in [-0.1, -0.05) is 102 Å². The lowest BCUT2D eigenvalue weighted by molar-refractivity contribution is 0.0609. The fraction of sp³-hybridized carbons (Fsp3) is 0.353. The molecule has 0 saturated carbocycles. The van der Waals surface area contributed by atoms with E-state index >= 15 is 0 Å². The minimum absolute atomic E-state index is 0.175. The normalized spacial score (nSPS) is 13.4. The SMILES string of the molecule is CC(C)c1cnn2c(NCc3ccc(-c4cccs4)cc3)nc(N[C@@H](CO)[C@H](O)CO)nc12.CC(C)c1cnn2c(NCc3ccc(-c4ccoc4)nc3)nc(N[C@@H](CO)[C@H](O)CO)nc12.CC(C)c1cnn2c(NCc3ccc(-c4ccsc4)cc3)nc(N[C@@H](CO)[C@H](O)CO)nc12. The number of fused-ring (bicyclic) bond motifs is 3. The molecule has 0 unspecified atom stereocenters. The minimum atomic E-state index is -1.17. The van der Waals surface area contributed by atoms with Crippen molar-refractivity contribution < 1.29 is 50.4 Å². The highest BCUT2D eigenvalue weighted by Crippen LogP contribution is 2.29. The number of nitrogens with one attached hydrogen (secondary N) is 6. The molecule has 10 aromatic heterocycles. The van der Waals surface area contributed by atoms with E-state index in [4.69, 9.17) is 4.42 Å². The second-order valence-electron chi connectivity index (χ2n) is 24.1. The topological polar surface area (TPSA) is 410 Å². The van der Waals surface area contributed by atoms with Crippen molar-refractivity contribution in [2.45, 2.75) is 115 Å². The maximum Gasteiger partial charge on any atom is 0.229 e. The van der Waals surface area contributed by atoms with E-state index in [-0.39, 0.29) is 48.8 Å². The van der Waals surface area contributed by atoms with Gasteiger partial charge in [-0.25, -0.2) is 0 Å². The molecule has 6 atom stereocenters. The van der Waals surface area contributed by atoms with Gasteiger partial charge < -0.3 is 82.3 Å². The lowest BCUT2D eigenvalue weighted by atomic mass is 10.1. The molecule has 2 aromatic carbocycles. The Balaban J connectivity index is 0.000000161. The standard InChI is InChI=1S/2C23H28N6O3S.C22H27N7O4/c1-14(2)18-10-25-29-21(18)27-22(26-19(11-30)20(32)12-31)28-23(29)24-9-15-3-5-16(6-4-15)17-7-8-33-13-17;1-14(2)17-11-25-29-21(17)27-22(26-18(12-30)19(32)13-31)28-23(29)24-10-15-5-7-16(8-6-15)20-4-3-9-33-20;1-13(2)16-9-25-29-20(16)27-21(26-18(10-30)19(32)11-31)28-22(29)24-8-14-3-4-17(23-7-14)15-5-6-33-12-15/h3-8,10,13-14,19-20,30-32H,9,11-12H2,1-2H3,(H2,24,26,27,28);3-9,11,14,18-19,30-32H,10,12-13H2,1-2H3,(H2,24,26,27,28);3-7,9,12-13,18-19,30-32H,8,10-11H2,1-2H3,(H2,24,26,27,28)/t19-,20+;2*18-,19+/m000/s1. The highest BCUT2D eigenvalue weighted by Gasteiger charge is 2.25. The first-order valence-corrected chi connectivity index (χ1v) is 34.0. The number of nitrogens with zero attached hydrogens (tertiary/aromatic N) is 13. The summed E-state index contributed by atoms with van der Waals surface area (Å²) in [5, 5.41) is 125. The van der Waals surface area contributed by atoms with Gasteiger partial charge in [0, 0.05) is 53.0 Å². The Hall–Kier alpha value is -9.64. The summed E-state index contributed by atoms with van der Waals surface area (Å²) in [6.45, 7) is 11.1. The van der Waals surface area contributed by atoms with Crippen LogP contribution in [0, 0.1) is 0 Å². The van der Waals surface area contributed by atoms with Gasteiger partial charge in [-0.2, -0.15) is 70.1 Å². The van der Waals surface area contributed by atoms with Crippen molar-refractivity contribution in [3.63, 3.8) is 0 Å². The minimum Gasteiger partial charge on any atom is -0.472 e. The number of furan rings is 1. The molecule has 29 nitrogen and oxygen atoms in total. The molecular formula is C68H83N19O10S2. The molecule has 0 radical (unpaired) electrons. The third-order valence-electron chi connectivity index (χ3n) is 16.1. The first-order valence-electron chi connectivity index (χ1n) is 32.2. The first kappa shape index (κ1) is 72.1. The average Bonchev–Trinajstić information content (AvgIpc) is 1.69. The van der Waals surface area contributed by atoms with Gasteiger partial charge in [0.15, 0.2) is 16.9 Å². The molecule has 0 bridgehead atoms. The first-order chi connectivity index (χ1) is 48.0. The number of thiophene rings is 2. The van der Waals surface area contributed by atoms with E-state index in [2.05, 4.69) is 187 Å². The number of aromatic nitrogens is 13. The molecular weight excluding hydrogens is 1310 g/mol. The van der Waals surface area contributed by atoms with Crippen LogP contribution in [0.25, 0.3) is 49.8 Å². The third kappa shape index (κ3) is 18.0. The van der Waals surface area contributed by atoms with Crippen molar-refractivity contribution in [2.24, 2.45) is 0 Å². The van der Waals surface area contributed by atoms with Crippen molar-refractivity contribution >= 4 is 75.3 Å². The molecule has 10 heterocycles. The molecule has 0 saturated heterocycles. The smallest absolute Gasteiger partial charge is 0.229 e. The Morgan fingerprint density at radius 1 is 0.434 bits per heavy atom. The number of hydrogen-bond acceptors (Lipinski definition) is 28. The zero-order valence-electron chi connectivity index (χ0n) is 55.4. The molecule has 522 valence electrons. The Kier molecular flexibility index (Phi) is 24.9. The van der Waals surface area contributed by atoms with E-state index in [1.165, 1.54) is 21.6 Å². The lowest BCUT2D eigenvalue weighted by Gasteiger charge is -2.21. The Labute approximate surface area is 578 Å². The molecule has 12 rings (SSSR count). The van der Waals surface area contributed by atoms with Crippen molar-refractivity contribution in [3.8, 4) is 32.8 Å². The van der Waals surface area contributed by atoms with Gasteiger partial charge in [-0.05, 0) is 91.5 Å². The quantitative estimate of drug-likeness (QED) is 0.0214. The van der Waals surface area contributed by atoms with Gasteiger partial charge in [0.25, 0.3) is 0 Å². The molecule has 0 aliphatic rings. The summed E-state index contributed by atoms with van der Waals surface area (Å²) in [6.07, 6.45) is 6.84. The number of benzene rings is 2. The number of pyridine rings is 1. The molecule has 0 aliphatic carbocycles. The van der Waals surface area contributed by atoms with Crippen LogP contribution in [-0.2, 0) is 19.6 Å².